The number of nitrogens with zero attached hydrogens (tertiary/aromatic N) is 3. The number of hydrogen-bond acceptors (Lipinski definition) is 4. The Morgan fingerprint density at radius 1 is 1.42 bits per heavy atom. The summed E-state index contributed by atoms with van der Waals surface area (Å²) in [6.07, 6.45) is -3.35. The average Bonchev–Trinajstić information content (AvgIpc) is 3.14. The van der Waals surface area contributed by atoms with Gasteiger partial charge in [-0.1, -0.05) is 19.1 Å². The number of carbonyl (C=O) groups is 1. The normalized spacial score (nSPS) is 16.9. The number of amides is 1. The minimum atomic E-state index is -4.18. The van der Waals surface area contributed by atoms with Crippen LogP contribution in [0.3, 0.4) is 0 Å². The fourth-order valence-corrected chi connectivity index (χ4v) is 3.51. The Labute approximate surface area is 198 Å². The number of primary amides is 1. The zero-order chi connectivity index (χ0) is 22.1. The number of ether oxygens (including phenoxy) is 1. The Kier molecular flexibility index (Phi) is 11.4. The quantitative estimate of drug-likeness (QED) is 0.277. The molecule has 0 spiro atoms. The molecule has 0 aliphatic carbocycles. The third kappa shape index (κ3) is 9.93. The third-order valence-corrected chi connectivity index (χ3v) is 4.89. The highest BCUT2D eigenvalue weighted by Gasteiger charge is 2.33. The maximum atomic E-state index is 12.7. The smallest absolute Gasteiger partial charge is 0.401 e. The zero-order valence-electron chi connectivity index (χ0n) is 17.8. The summed E-state index contributed by atoms with van der Waals surface area (Å²) < 4.78 is 43.4. The number of rotatable bonds is 9. The first-order valence-corrected chi connectivity index (χ1v) is 9.95. The second-order valence-corrected chi connectivity index (χ2v) is 7.35. The molecule has 1 aromatic rings. The summed E-state index contributed by atoms with van der Waals surface area (Å²) in [7, 11) is 1.68. The highest BCUT2D eigenvalue weighted by molar-refractivity contribution is 14.0. The van der Waals surface area contributed by atoms with Crippen LogP contribution in [0.4, 0.5) is 13.2 Å². The summed E-state index contributed by atoms with van der Waals surface area (Å²) in [6.45, 7) is 3.39. The van der Waals surface area contributed by atoms with E-state index >= 15 is 0 Å². The second kappa shape index (κ2) is 12.9. The van der Waals surface area contributed by atoms with E-state index in [4.69, 9.17) is 10.5 Å². The van der Waals surface area contributed by atoms with Gasteiger partial charge in [-0.3, -0.25) is 14.7 Å². The number of likely N-dealkylation sites (tertiary alicyclic amines) is 1. The van der Waals surface area contributed by atoms with Gasteiger partial charge in [-0.05, 0) is 36.6 Å². The molecule has 1 saturated heterocycles. The first kappa shape index (κ1) is 27.3. The van der Waals surface area contributed by atoms with Gasteiger partial charge >= 0.3 is 6.18 Å². The predicted octanol–water partition coefficient (Wildman–Crippen LogP) is 2.45. The van der Waals surface area contributed by atoms with Crippen molar-refractivity contribution in [3.05, 3.63) is 29.8 Å². The van der Waals surface area contributed by atoms with E-state index in [0.29, 0.717) is 37.9 Å². The van der Waals surface area contributed by atoms with Crippen molar-refractivity contribution >= 4 is 35.8 Å². The Morgan fingerprint density at radius 3 is 2.77 bits per heavy atom. The van der Waals surface area contributed by atoms with Crippen LogP contribution in [-0.4, -0.2) is 74.2 Å². The molecule has 1 fully saturated rings. The molecule has 1 atom stereocenters. The Bertz CT molecular complexity index is 733. The molecule has 3 N–H and O–H groups in total. The van der Waals surface area contributed by atoms with Crippen molar-refractivity contribution in [2.75, 3.05) is 46.4 Å². The number of aliphatic imine (C=N–C) groups is 1. The monoisotopic (exact) mass is 557 g/mol. The lowest BCUT2D eigenvalue weighted by atomic mass is 10.1. The van der Waals surface area contributed by atoms with Crippen LogP contribution >= 0.6 is 24.0 Å². The first-order chi connectivity index (χ1) is 14.2. The zero-order valence-corrected chi connectivity index (χ0v) is 20.2. The fraction of sp³-hybridized carbons (Fsp3) is 0.600. The van der Waals surface area contributed by atoms with Crippen molar-refractivity contribution in [1.82, 2.24) is 15.1 Å². The lowest BCUT2D eigenvalue weighted by Crippen LogP contribution is -2.41. The number of carbonyl (C=O) groups excluding carboxylic acids is 1. The van der Waals surface area contributed by atoms with Crippen LogP contribution in [0, 0.1) is 5.92 Å². The molecule has 176 valence electrons. The van der Waals surface area contributed by atoms with Crippen molar-refractivity contribution in [3.8, 4) is 5.75 Å². The van der Waals surface area contributed by atoms with Gasteiger partial charge in [0.2, 0.25) is 0 Å². The minimum absolute atomic E-state index is 0. The summed E-state index contributed by atoms with van der Waals surface area (Å²) in [5.74, 6) is 0.879. The minimum Gasteiger partial charge on any atom is -0.484 e. The molecular formula is C20H31F3IN5O2. The number of benzene rings is 1. The highest BCUT2D eigenvalue weighted by atomic mass is 127. The standard InChI is InChI=1S/C20H30F3N5O2.HI/c1-3-27(14-20(21,22)23)11-16-7-8-28(12-16)19(25-2)26-10-15-5-4-6-17(9-15)30-13-18(24)29;/h4-6,9,16H,3,7-8,10-14H2,1-2H3,(H2,24,29)(H,25,26);1H. The SMILES string of the molecule is CCN(CC1CCN(C(=NC)NCc2cccc(OCC(N)=O)c2)C1)CC(F)(F)F.I. The van der Waals surface area contributed by atoms with Gasteiger partial charge in [-0.25, -0.2) is 0 Å². The van der Waals surface area contributed by atoms with Crippen LogP contribution in [0.15, 0.2) is 29.3 Å². The summed E-state index contributed by atoms with van der Waals surface area (Å²) in [6, 6.07) is 7.29. The molecule has 1 heterocycles. The summed E-state index contributed by atoms with van der Waals surface area (Å²) in [5, 5.41) is 3.28. The van der Waals surface area contributed by atoms with Gasteiger partial charge in [0.1, 0.15) is 5.75 Å². The topological polar surface area (TPSA) is 83.2 Å². The number of halogens is 4. The lowest BCUT2D eigenvalue weighted by Gasteiger charge is -2.26. The van der Waals surface area contributed by atoms with Gasteiger partial charge in [0.05, 0.1) is 6.54 Å². The number of guanidine groups is 1. The summed E-state index contributed by atoms with van der Waals surface area (Å²) in [4.78, 5) is 18.7. The fourth-order valence-electron chi connectivity index (χ4n) is 3.51. The number of nitrogens with two attached hydrogens (primary N) is 1. The molecule has 0 bridgehead atoms. The van der Waals surface area contributed by atoms with Crippen molar-refractivity contribution in [3.63, 3.8) is 0 Å². The van der Waals surface area contributed by atoms with Gasteiger partial charge in [0, 0.05) is 33.2 Å². The molecule has 1 unspecified atom stereocenters. The van der Waals surface area contributed by atoms with E-state index in [1.165, 1.54) is 4.90 Å². The van der Waals surface area contributed by atoms with E-state index in [0.717, 1.165) is 18.5 Å². The van der Waals surface area contributed by atoms with E-state index in [-0.39, 0.29) is 36.5 Å². The van der Waals surface area contributed by atoms with Crippen molar-refractivity contribution in [2.24, 2.45) is 16.6 Å². The highest BCUT2D eigenvalue weighted by Crippen LogP contribution is 2.21. The molecule has 0 radical (unpaired) electrons. The molecule has 7 nitrogen and oxygen atoms in total. The van der Waals surface area contributed by atoms with Gasteiger partial charge in [-0.15, -0.1) is 24.0 Å². The van der Waals surface area contributed by atoms with Gasteiger partial charge in [0.25, 0.3) is 5.91 Å². The molecule has 1 aliphatic heterocycles. The Balaban J connectivity index is 0.00000480. The van der Waals surface area contributed by atoms with Gasteiger partial charge < -0.3 is 20.7 Å². The van der Waals surface area contributed by atoms with Crippen molar-refractivity contribution in [2.45, 2.75) is 26.1 Å². The van der Waals surface area contributed by atoms with Crippen LogP contribution in [0.1, 0.15) is 18.9 Å². The van der Waals surface area contributed by atoms with Crippen LogP contribution in [0.2, 0.25) is 0 Å². The van der Waals surface area contributed by atoms with Gasteiger partial charge in [-0.2, -0.15) is 13.2 Å². The molecule has 31 heavy (non-hydrogen) atoms. The lowest BCUT2D eigenvalue weighted by molar-refractivity contribution is -0.146. The molecule has 2 rings (SSSR count). The summed E-state index contributed by atoms with van der Waals surface area (Å²) >= 11 is 0. The molecule has 11 heteroatoms. The molecular weight excluding hydrogens is 526 g/mol. The van der Waals surface area contributed by atoms with Crippen LogP contribution in [0.5, 0.6) is 5.75 Å². The van der Waals surface area contributed by atoms with Crippen molar-refractivity contribution in [1.29, 1.82) is 0 Å². The van der Waals surface area contributed by atoms with E-state index in [1.54, 1.807) is 20.0 Å². The van der Waals surface area contributed by atoms with Crippen LogP contribution < -0.4 is 15.8 Å². The van der Waals surface area contributed by atoms with E-state index in [9.17, 15) is 18.0 Å². The Hall–Kier alpha value is -1.76. The molecule has 1 aliphatic rings. The van der Waals surface area contributed by atoms with E-state index in [2.05, 4.69) is 15.2 Å². The second-order valence-electron chi connectivity index (χ2n) is 7.35. The average molecular weight is 557 g/mol. The maximum absolute atomic E-state index is 12.7. The molecule has 1 aromatic carbocycles. The number of alkyl halides is 3. The maximum Gasteiger partial charge on any atom is 0.401 e. The number of hydrogen-bond donors (Lipinski definition) is 2. The molecule has 1 amide bonds. The largest absolute Gasteiger partial charge is 0.484 e. The van der Waals surface area contributed by atoms with E-state index < -0.39 is 18.6 Å². The van der Waals surface area contributed by atoms with Crippen LogP contribution in [-0.2, 0) is 11.3 Å². The number of nitrogens with one attached hydrogen (secondary N) is 1. The van der Waals surface area contributed by atoms with Crippen LogP contribution in [0.25, 0.3) is 0 Å². The molecule has 0 saturated carbocycles. The third-order valence-electron chi connectivity index (χ3n) is 4.89. The van der Waals surface area contributed by atoms with Gasteiger partial charge in [0.15, 0.2) is 12.6 Å². The predicted molar refractivity (Wildman–Crippen MR) is 125 cm³/mol. The summed E-state index contributed by atoms with van der Waals surface area (Å²) in [5.41, 5.74) is 6.03. The van der Waals surface area contributed by atoms with Crippen molar-refractivity contribution < 1.29 is 22.7 Å². The Morgan fingerprint density at radius 2 is 2.16 bits per heavy atom. The molecule has 0 aromatic heterocycles. The van der Waals surface area contributed by atoms with E-state index in [1.807, 2.05) is 18.2 Å². The first-order valence-electron chi connectivity index (χ1n) is 9.95.